The van der Waals surface area contributed by atoms with E-state index in [0.717, 1.165) is 50.6 Å². The van der Waals surface area contributed by atoms with Crippen LogP contribution in [0.25, 0.3) is 0 Å². The zero-order chi connectivity index (χ0) is 20.8. The van der Waals surface area contributed by atoms with Crippen LogP contribution in [0.2, 0.25) is 5.02 Å². The molecule has 2 aliphatic heterocycles. The van der Waals surface area contributed by atoms with Gasteiger partial charge in [0.1, 0.15) is 0 Å². The Morgan fingerprint density at radius 2 is 1.50 bits per heavy atom. The first-order valence-corrected chi connectivity index (χ1v) is 11.6. The van der Waals surface area contributed by atoms with Crippen molar-refractivity contribution in [2.75, 3.05) is 31.1 Å². The van der Waals surface area contributed by atoms with Crippen molar-refractivity contribution in [3.63, 3.8) is 0 Å². The number of likely N-dealkylation sites (tertiary alicyclic amines) is 1. The molecule has 0 saturated carbocycles. The van der Waals surface area contributed by atoms with Crippen molar-refractivity contribution in [2.24, 2.45) is 5.92 Å². The van der Waals surface area contributed by atoms with Crippen molar-refractivity contribution in [3.8, 4) is 0 Å². The molecule has 0 aromatic heterocycles. The fourth-order valence-electron chi connectivity index (χ4n) is 4.51. The molecule has 5 heteroatoms. The van der Waals surface area contributed by atoms with Gasteiger partial charge in [-0.25, -0.2) is 0 Å². The second-order valence-corrected chi connectivity index (χ2v) is 9.05. The summed E-state index contributed by atoms with van der Waals surface area (Å²) in [7, 11) is 0. The summed E-state index contributed by atoms with van der Waals surface area (Å²) in [4.78, 5) is 17.5. The lowest BCUT2D eigenvalue weighted by molar-refractivity contribution is -0.126. The number of piperidine rings is 2. The van der Waals surface area contributed by atoms with Gasteiger partial charge in [-0.15, -0.1) is 0 Å². The second kappa shape index (κ2) is 10.3. The first-order chi connectivity index (χ1) is 14.7. The number of halogens is 1. The second-order valence-electron chi connectivity index (χ2n) is 8.61. The van der Waals surface area contributed by atoms with Gasteiger partial charge in [0.25, 0.3) is 0 Å². The molecule has 1 N–H and O–H groups in total. The van der Waals surface area contributed by atoms with Gasteiger partial charge in [-0.05, 0) is 80.6 Å². The van der Waals surface area contributed by atoms with E-state index in [1.807, 2.05) is 12.1 Å². The number of rotatable bonds is 6. The van der Waals surface area contributed by atoms with Crippen LogP contribution >= 0.6 is 11.6 Å². The number of nitrogens with zero attached hydrogens (tertiary/aromatic N) is 2. The molecular weight excluding hydrogens is 394 g/mol. The minimum atomic E-state index is 0.124. The highest BCUT2D eigenvalue weighted by molar-refractivity contribution is 6.30. The number of amides is 1. The standard InChI is InChI=1S/C25H32ClN3O/c26-23-8-4-21(5-9-23)19-28-16-12-22(13-17-28)25(30)27-18-20-6-10-24(11-7-20)29-14-2-1-3-15-29/h4-11,22H,1-3,12-19H2,(H,27,30). The maximum Gasteiger partial charge on any atom is 0.223 e. The van der Waals surface area contributed by atoms with Gasteiger partial charge in [-0.3, -0.25) is 9.69 Å². The van der Waals surface area contributed by atoms with Gasteiger partial charge < -0.3 is 10.2 Å². The van der Waals surface area contributed by atoms with Crippen LogP contribution in [-0.4, -0.2) is 37.0 Å². The number of hydrogen-bond donors (Lipinski definition) is 1. The predicted octanol–water partition coefficient (Wildman–Crippen LogP) is 4.86. The van der Waals surface area contributed by atoms with Crippen LogP contribution in [0.3, 0.4) is 0 Å². The topological polar surface area (TPSA) is 35.6 Å². The Bertz CT molecular complexity index is 807. The van der Waals surface area contributed by atoms with E-state index in [1.165, 1.54) is 36.1 Å². The highest BCUT2D eigenvalue weighted by Crippen LogP contribution is 2.22. The summed E-state index contributed by atoms with van der Waals surface area (Å²) < 4.78 is 0. The Morgan fingerprint density at radius 3 is 2.17 bits per heavy atom. The Hall–Kier alpha value is -2.04. The van der Waals surface area contributed by atoms with Crippen LogP contribution in [0, 0.1) is 5.92 Å². The molecule has 0 bridgehead atoms. The van der Waals surface area contributed by atoms with Crippen LogP contribution in [-0.2, 0) is 17.9 Å². The molecule has 2 aromatic rings. The van der Waals surface area contributed by atoms with Crippen molar-refractivity contribution in [1.29, 1.82) is 0 Å². The third-order valence-electron chi connectivity index (χ3n) is 6.40. The first-order valence-electron chi connectivity index (χ1n) is 11.3. The van der Waals surface area contributed by atoms with Crippen LogP contribution in [0.4, 0.5) is 5.69 Å². The third kappa shape index (κ3) is 5.77. The van der Waals surface area contributed by atoms with Crippen LogP contribution in [0.5, 0.6) is 0 Å². The zero-order valence-electron chi connectivity index (χ0n) is 17.7. The molecule has 2 aliphatic rings. The van der Waals surface area contributed by atoms with Gasteiger partial charge >= 0.3 is 0 Å². The molecule has 2 heterocycles. The number of carbonyl (C=O) groups is 1. The summed E-state index contributed by atoms with van der Waals surface area (Å²) in [5.41, 5.74) is 3.75. The number of nitrogens with one attached hydrogen (secondary N) is 1. The van der Waals surface area contributed by atoms with Crippen LogP contribution in [0.15, 0.2) is 48.5 Å². The van der Waals surface area contributed by atoms with Gasteiger partial charge in [0.15, 0.2) is 0 Å². The molecule has 0 aliphatic carbocycles. The van der Waals surface area contributed by atoms with E-state index in [2.05, 4.69) is 51.5 Å². The molecule has 4 rings (SSSR count). The Morgan fingerprint density at radius 1 is 0.867 bits per heavy atom. The highest BCUT2D eigenvalue weighted by Gasteiger charge is 2.24. The van der Waals surface area contributed by atoms with Crippen molar-refractivity contribution in [1.82, 2.24) is 10.2 Å². The summed E-state index contributed by atoms with van der Waals surface area (Å²) in [6, 6.07) is 16.7. The number of carbonyl (C=O) groups excluding carboxylic acids is 1. The lowest BCUT2D eigenvalue weighted by Gasteiger charge is -2.31. The van der Waals surface area contributed by atoms with Gasteiger partial charge in [0.05, 0.1) is 0 Å². The van der Waals surface area contributed by atoms with E-state index in [1.54, 1.807) is 0 Å². The highest BCUT2D eigenvalue weighted by atomic mass is 35.5. The average Bonchev–Trinajstić information content (AvgIpc) is 2.80. The normalized spacial score (nSPS) is 18.4. The molecule has 1 amide bonds. The van der Waals surface area contributed by atoms with E-state index >= 15 is 0 Å². The molecule has 160 valence electrons. The van der Waals surface area contributed by atoms with Gasteiger partial charge in [0.2, 0.25) is 5.91 Å². The third-order valence-corrected chi connectivity index (χ3v) is 6.65. The van der Waals surface area contributed by atoms with E-state index in [0.29, 0.717) is 6.54 Å². The monoisotopic (exact) mass is 425 g/mol. The van der Waals surface area contributed by atoms with Gasteiger partial charge in [-0.2, -0.15) is 0 Å². The summed E-state index contributed by atoms with van der Waals surface area (Å²) in [6.45, 7) is 5.79. The maximum atomic E-state index is 12.6. The molecule has 0 atom stereocenters. The SMILES string of the molecule is O=C(NCc1ccc(N2CCCCC2)cc1)C1CCN(Cc2ccc(Cl)cc2)CC1. The van der Waals surface area contributed by atoms with E-state index in [9.17, 15) is 4.79 Å². The summed E-state index contributed by atoms with van der Waals surface area (Å²) in [5, 5.41) is 3.93. The Labute approximate surface area is 185 Å². The lowest BCUT2D eigenvalue weighted by Crippen LogP contribution is -2.40. The van der Waals surface area contributed by atoms with Crippen LogP contribution < -0.4 is 10.2 Å². The van der Waals surface area contributed by atoms with E-state index in [-0.39, 0.29) is 11.8 Å². The van der Waals surface area contributed by atoms with Gasteiger partial charge in [0, 0.05) is 42.8 Å². The van der Waals surface area contributed by atoms with Crippen LogP contribution in [0.1, 0.15) is 43.2 Å². The lowest BCUT2D eigenvalue weighted by atomic mass is 9.95. The first kappa shape index (κ1) is 21.2. The molecule has 2 fully saturated rings. The van der Waals surface area contributed by atoms with Crippen molar-refractivity contribution in [2.45, 2.75) is 45.2 Å². The quantitative estimate of drug-likeness (QED) is 0.717. The van der Waals surface area contributed by atoms with E-state index < -0.39 is 0 Å². The molecule has 2 saturated heterocycles. The van der Waals surface area contributed by atoms with Crippen molar-refractivity contribution in [3.05, 3.63) is 64.7 Å². The fourth-order valence-corrected chi connectivity index (χ4v) is 4.64. The largest absolute Gasteiger partial charge is 0.372 e. The molecule has 2 aromatic carbocycles. The molecule has 0 radical (unpaired) electrons. The summed E-state index contributed by atoms with van der Waals surface area (Å²) >= 11 is 5.97. The molecule has 30 heavy (non-hydrogen) atoms. The molecule has 0 unspecified atom stereocenters. The number of hydrogen-bond acceptors (Lipinski definition) is 3. The average molecular weight is 426 g/mol. The zero-order valence-corrected chi connectivity index (χ0v) is 18.4. The predicted molar refractivity (Wildman–Crippen MR) is 124 cm³/mol. The van der Waals surface area contributed by atoms with Gasteiger partial charge in [-0.1, -0.05) is 35.9 Å². The minimum Gasteiger partial charge on any atom is -0.372 e. The van der Waals surface area contributed by atoms with Crippen molar-refractivity contribution < 1.29 is 4.79 Å². The molecular formula is C25H32ClN3O. The smallest absolute Gasteiger partial charge is 0.223 e. The molecule has 4 nitrogen and oxygen atoms in total. The number of benzene rings is 2. The Balaban J connectivity index is 1.20. The Kier molecular flexibility index (Phi) is 7.29. The van der Waals surface area contributed by atoms with Crippen molar-refractivity contribution >= 4 is 23.2 Å². The minimum absolute atomic E-state index is 0.124. The van der Waals surface area contributed by atoms with E-state index in [4.69, 9.17) is 11.6 Å². The maximum absolute atomic E-state index is 12.6. The summed E-state index contributed by atoms with van der Waals surface area (Å²) in [6.07, 6.45) is 5.77. The molecule has 0 spiro atoms. The number of anilines is 1. The fraction of sp³-hybridized carbons (Fsp3) is 0.480. The summed E-state index contributed by atoms with van der Waals surface area (Å²) in [5.74, 6) is 0.320.